The van der Waals surface area contributed by atoms with E-state index < -0.39 is 0 Å². The Kier molecular flexibility index (Phi) is 5.78. The number of aromatic amines is 1. The van der Waals surface area contributed by atoms with Gasteiger partial charge in [0.25, 0.3) is 5.56 Å². The highest BCUT2D eigenvalue weighted by atomic mass is 16.1. The summed E-state index contributed by atoms with van der Waals surface area (Å²) in [6, 6.07) is 16.0. The maximum Gasteiger partial charge on any atom is 0.253 e. The summed E-state index contributed by atoms with van der Waals surface area (Å²) in [5.74, 6) is 0.693. The van der Waals surface area contributed by atoms with Crippen molar-refractivity contribution in [1.29, 1.82) is 0 Å². The molecule has 1 atom stereocenters. The first-order valence-corrected chi connectivity index (χ1v) is 11.4. The summed E-state index contributed by atoms with van der Waals surface area (Å²) in [5.41, 5.74) is 4.80. The molecular formula is C25H29N7O. The molecule has 0 spiro atoms. The number of H-pyrrole nitrogens is 1. The predicted molar refractivity (Wildman–Crippen MR) is 128 cm³/mol. The zero-order valence-corrected chi connectivity index (χ0v) is 19.3. The van der Waals surface area contributed by atoms with E-state index in [0.717, 1.165) is 53.8 Å². The van der Waals surface area contributed by atoms with E-state index in [-0.39, 0.29) is 11.6 Å². The van der Waals surface area contributed by atoms with Gasteiger partial charge in [0.15, 0.2) is 5.82 Å². The van der Waals surface area contributed by atoms with Crippen molar-refractivity contribution in [3.05, 3.63) is 87.0 Å². The number of nitrogens with one attached hydrogen (secondary N) is 1. The number of rotatable bonds is 5. The summed E-state index contributed by atoms with van der Waals surface area (Å²) in [6.07, 6.45) is 0. The number of aromatic nitrogens is 5. The average molecular weight is 444 g/mol. The fraction of sp³-hybridized carbons (Fsp3) is 0.360. The Morgan fingerprint density at radius 1 is 1.00 bits per heavy atom. The second kappa shape index (κ2) is 8.88. The Labute approximate surface area is 192 Å². The van der Waals surface area contributed by atoms with Crippen molar-refractivity contribution in [2.24, 2.45) is 0 Å². The molecule has 1 fully saturated rings. The molecule has 1 N–H and O–H groups in total. The van der Waals surface area contributed by atoms with E-state index in [9.17, 15) is 4.79 Å². The Hall–Kier alpha value is -3.36. The lowest BCUT2D eigenvalue weighted by molar-refractivity contribution is 0.121. The number of tetrazole rings is 1. The highest BCUT2D eigenvalue weighted by Gasteiger charge is 2.32. The van der Waals surface area contributed by atoms with Gasteiger partial charge in [-0.05, 0) is 54.1 Å². The van der Waals surface area contributed by atoms with Gasteiger partial charge < -0.3 is 9.88 Å². The number of likely N-dealkylation sites (N-methyl/N-ethyl adjacent to an activating group) is 1. The minimum absolute atomic E-state index is 0.0885. The number of hydrogen-bond acceptors (Lipinski definition) is 6. The van der Waals surface area contributed by atoms with Crippen LogP contribution in [0.25, 0.3) is 10.9 Å². The highest BCUT2D eigenvalue weighted by molar-refractivity contribution is 5.85. The van der Waals surface area contributed by atoms with Gasteiger partial charge in [0, 0.05) is 37.1 Å². The van der Waals surface area contributed by atoms with Crippen molar-refractivity contribution in [1.82, 2.24) is 35.0 Å². The van der Waals surface area contributed by atoms with Crippen molar-refractivity contribution in [2.75, 3.05) is 33.2 Å². The highest BCUT2D eigenvalue weighted by Crippen LogP contribution is 2.29. The van der Waals surface area contributed by atoms with Gasteiger partial charge in [-0.3, -0.25) is 9.69 Å². The van der Waals surface area contributed by atoms with Gasteiger partial charge in [0.1, 0.15) is 6.04 Å². The van der Waals surface area contributed by atoms with E-state index in [4.69, 9.17) is 0 Å². The Morgan fingerprint density at radius 2 is 1.73 bits per heavy atom. The fourth-order valence-electron chi connectivity index (χ4n) is 4.65. The normalized spacial score (nSPS) is 16.3. The van der Waals surface area contributed by atoms with Gasteiger partial charge in [-0.2, -0.15) is 0 Å². The van der Waals surface area contributed by atoms with E-state index in [1.165, 1.54) is 0 Å². The zero-order valence-electron chi connectivity index (χ0n) is 19.3. The molecule has 2 aromatic heterocycles. The van der Waals surface area contributed by atoms with Crippen LogP contribution in [0.4, 0.5) is 0 Å². The molecule has 8 heteroatoms. The van der Waals surface area contributed by atoms with Crippen LogP contribution in [0.5, 0.6) is 0 Å². The maximum atomic E-state index is 13.4. The number of aryl methyl sites for hydroxylation is 2. The third kappa shape index (κ3) is 4.19. The molecule has 33 heavy (non-hydrogen) atoms. The van der Waals surface area contributed by atoms with Gasteiger partial charge in [-0.25, -0.2) is 4.68 Å². The molecule has 8 nitrogen and oxygen atoms in total. The molecule has 1 aliphatic rings. The molecule has 4 aromatic rings. The van der Waals surface area contributed by atoms with Crippen LogP contribution < -0.4 is 5.56 Å². The molecule has 1 saturated heterocycles. The molecule has 5 rings (SSSR count). The molecule has 1 aliphatic heterocycles. The summed E-state index contributed by atoms with van der Waals surface area (Å²) < 4.78 is 1.82. The second-order valence-corrected chi connectivity index (χ2v) is 8.96. The smallest absolute Gasteiger partial charge is 0.253 e. The molecular weight excluding hydrogens is 414 g/mol. The van der Waals surface area contributed by atoms with Crippen molar-refractivity contribution in [2.45, 2.75) is 26.4 Å². The SMILES string of the molecule is Cc1ccc(C)c2[nH]c(=O)c([C@H](c3nnnn3Cc3ccccc3)N3CCN(C)CC3)cc12. The fourth-order valence-corrected chi connectivity index (χ4v) is 4.65. The first kappa shape index (κ1) is 21.5. The molecule has 170 valence electrons. The van der Waals surface area contributed by atoms with Crippen LogP contribution in [0.1, 0.15) is 34.1 Å². The van der Waals surface area contributed by atoms with E-state index in [0.29, 0.717) is 17.9 Å². The minimum atomic E-state index is -0.328. The van der Waals surface area contributed by atoms with Crippen LogP contribution in [-0.2, 0) is 6.54 Å². The first-order valence-electron chi connectivity index (χ1n) is 11.4. The monoisotopic (exact) mass is 443 g/mol. The number of piperazine rings is 1. The number of pyridine rings is 1. The van der Waals surface area contributed by atoms with E-state index in [1.54, 1.807) is 0 Å². The standard InChI is InChI=1S/C25H29N7O/c1-17-9-10-18(2)22-20(17)15-21(25(33)26-22)23(31-13-11-30(3)12-14-31)24-27-28-29-32(24)16-19-7-5-4-6-8-19/h4-10,15,23H,11-14,16H2,1-3H3,(H,26,33)/t23-/m1/s1. The summed E-state index contributed by atoms with van der Waals surface area (Å²) in [7, 11) is 2.13. The topological polar surface area (TPSA) is 82.9 Å². The number of benzene rings is 2. The molecule has 0 saturated carbocycles. The van der Waals surface area contributed by atoms with Crippen molar-refractivity contribution in [3.8, 4) is 0 Å². The summed E-state index contributed by atoms with van der Waals surface area (Å²) in [4.78, 5) is 21.2. The molecule has 2 aromatic carbocycles. The quantitative estimate of drug-likeness (QED) is 0.510. The van der Waals surface area contributed by atoms with E-state index in [1.807, 2.05) is 41.9 Å². The third-order valence-corrected chi connectivity index (χ3v) is 6.65. The molecule has 0 bridgehead atoms. The summed E-state index contributed by atoms with van der Waals surface area (Å²) in [5, 5.41) is 13.8. The molecule has 3 heterocycles. The van der Waals surface area contributed by atoms with Crippen molar-refractivity contribution in [3.63, 3.8) is 0 Å². The van der Waals surface area contributed by atoms with Crippen LogP contribution in [0.15, 0.2) is 53.3 Å². The lowest BCUT2D eigenvalue weighted by Gasteiger charge is -2.37. The van der Waals surface area contributed by atoms with Crippen LogP contribution in [0, 0.1) is 13.8 Å². The predicted octanol–water partition coefficient (Wildman–Crippen LogP) is 2.52. The van der Waals surface area contributed by atoms with Gasteiger partial charge in [-0.1, -0.05) is 42.5 Å². The Bertz CT molecular complexity index is 1320. The number of nitrogens with zero attached hydrogens (tertiary/aromatic N) is 6. The molecule has 0 radical (unpaired) electrons. The maximum absolute atomic E-state index is 13.4. The van der Waals surface area contributed by atoms with E-state index >= 15 is 0 Å². The van der Waals surface area contributed by atoms with E-state index in [2.05, 4.69) is 62.5 Å². The van der Waals surface area contributed by atoms with Crippen molar-refractivity contribution >= 4 is 10.9 Å². The molecule has 0 unspecified atom stereocenters. The van der Waals surface area contributed by atoms with Gasteiger partial charge >= 0.3 is 0 Å². The van der Waals surface area contributed by atoms with Gasteiger partial charge in [0.2, 0.25) is 0 Å². The third-order valence-electron chi connectivity index (χ3n) is 6.65. The van der Waals surface area contributed by atoms with Gasteiger partial charge in [0.05, 0.1) is 12.1 Å². The van der Waals surface area contributed by atoms with Crippen LogP contribution in [-0.4, -0.2) is 68.2 Å². The summed E-state index contributed by atoms with van der Waals surface area (Å²) in [6.45, 7) is 8.19. The van der Waals surface area contributed by atoms with Gasteiger partial charge in [-0.15, -0.1) is 5.10 Å². The number of hydrogen-bond donors (Lipinski definition) is 1. The summed E-state index contributed by atoms with van der Waals surface area (Å²) >= 11 is 0. The Morgan fingerprint density at radius 3 is 2.48 bits per heavy atom. The number of fused-ring (bicyclic) bond motifs is 1. The molecule has 0 amide bonds. The van der Waals surface area contributed by atoms with Crippen LogP contribution >= 0.6 is 0 Å². The lowest BCUT2D eigenvalue weighted by atomic mass is 9.99. The average Bonchev–Trinajstić information content (AvgIpc) is 3.27. The van der Waals surface area contributed by atoms with Crippen molar-refractivity contribution < 1.29 is 0 Å². The lowest BCUT2D eigenvalue weighted by Crippen LogP contribution is -2.47. The molecule has 0 aliphatic carbocycles. The van der Waals surface area contributed by atoms with Crippen LogP contribution in [0.3, 0.4) is 0 Å². The first-order chi connectivity index (χ1) is 16.0. The zero-order chi connectivity index (χ0) is 22.9. The van der Waals surface area contributed by atoms with Crippen LogP contribution in [0.2, 0.25) is 0 Å². The second-order valence-electron chi connectivity index (χ2n) is 8.96. The minimum Gasteiger partial charge on any atom is -0.321 e. The Balaban J connectivity index is 1.64. The largest absolute Gasteiger partial charge is 0.321 e.